The first kappa shape index (κ1) is 29.0. The number of aliphatic hydroxyl groups excluding tert-OH is 1. The van der Waals surface area contributed by atoms with Crippen LogP contribution in [0.2, 0.25) is 0 Å². The first-order chi connectivity index (χ1) is 18.9. The molecule has 5 rings (SSSR count). The molecular weight excluding hydrogens is 516 g/mol. The van der Waals surface area contributed by atoms with Crippen LogP contribution in [0.15, 0.2) is 28.9 Å². The SMILES string of the molecule is C=CCN1C(=O)[C@@]2(CC[S+](=O)([O-])C3CCCCC3)N=C(C3CCC(OCCCO)CC3)O[C@H]2C2=C1CCCC2. The molecule has 0 aromatic carbocycles. The van der Waals surface area contributed by atoms with Gasteiger partial charge >= 0.3 is 0 Å². The van der Waals surface area contributed by atoms with Gasteiger partial charge in [0.2, 0.25) is 0 Å². The number of aliphatic hydroxyl groups is 1. The number of allylic oxidation sites excluding steroid dienone is 1. The highest BCUT2D eigenvalue weighted by atomic mass is 32.3. The largest absolute Gasteiger partial charge is 0.615 e. The Bertz CT molecular complexity index is 1010. The predicted octanol–water partition coefficient (Wildman–Crippen LogP) is 4.69. The van der Waals surface area contributed by atoms with Crippen molar-refractivity contribution in [2.75, 3.05) is 25.5 Å². The van der Waals surface area contributed by atoms with Crippen LogP contribution in [0.3, 0.4) is 0 Å². The Morgan fingerprint density at radius 1 is 1.13 bits per heavy atom. The third-order valence-electron chi connectivity index (χ3n) is 9.54. The van der Waals surface area contributed by atoms with Gasteiger partial charge in [0.05, 0.1) is 6.10 Å². The molecule has 0 saturated heterocycles. The van der Waals surface area contributed by atoms with Gasteiger partial charge in [-0.1, -0.05) is 12.5 Å². The molecular formula is C30H46N2O6S. The molecule has 0 bridgehead atoms. The van der Waals surface area contributed by atoms with E-state index in [0.717, 1.165) is 94.7 Å². The lowest BCUT2D eigenvalue weighted by molar-refractivity contribution is -0.138. The first-order valence-electron chi connectivity index (χ1n) is 15.2. The summed E-state index contributed by atoms with van der Waals surface area (Å²) in [6.07, 6.45) is 13.9. The number of aliphatic imine (C=N–C) groups is 1. The standard InChI is InChI=1S/C30H46N2O6S/c1-2-18-32-26-12-7-6-11-25(26)27-30(29(32)34,17-21-39(35,36)24-9-4-3-5-10-24)31-28(38-27)22-13-15-23(16-14-22)37-20-8-19-33/h2,22-24,27,33H,1,3-21H2/t22?,23?,27-,30-/m0/s1. The highest BCUT2D eigenvalue weighted by Crippen LogP contribution is 2.48. The molecule has 218 valence electrons. The van der Waals surface area contributed by atoms with Crippen molar-refractivity contribution in [1.29, 1.82) is 0 Å². The lowest BCUT2D eigenvalue weighted by atomic mass is 9.76. The summed E-state index contributed by atoms with van der Waals surface area (Å²) in [4.78, 5) is 21.3. The minimum Gasteiger partial charge on any atom is -0.615 e. The van der Waals surface area contributed by atoms with E-state index in [4.69, 9.17) is 19.6 Å². The third-order valence-corrected chi connectivity index (χ3v) is 11.8. The molecule has 1 amide bonds. The van der Waals surface area contributed by atoms with Crippen molar-refractivity contribution in [2.24, 2.45) is 10.9 Å². The summed E-state index contributed by atoms with van der Waals surface area (Å²) >= 11 is 0. The van der Waals surface area contributed by atoms with E-state index < -0.39 is 21.9 Å². The van der Waals surface area contributed by atoms with Crippen molar-refractivity contribution >= 4 is 22.0 Å². The number of fused-ring (bicyclic) bond motifs is 2. The first-order valence-corrected chi connectivity index (χ1v) is 17.0. The van der Waals surface area contributed by atoms with Crippen molar-refractivity contribution in [3.05, 3.63) is 23.9 Å². The highest BCUT2D eigenvalue weighted by Gasteiger charge is 2.60. The molecule has 2 saturated carbocycles. The van der Waals surface area contributed by atoms with Crippen molar-refractivity contribution in [3.63, 3.8) is 0 Å². The van der Waals surface area contributed by atoms with Gasteiger partial charge in [-0.15, -0.1) is 10.8 Å². The number of rotatable bonds is 11. The summed E-state index contributed by atoms with van der Waals surface area (Å²) in [7, 11) is -3.34. The fourth-order valence-corrected chi connectivity index (χ4v) is 9.34. The van der Waals surface area contributed by atoms with Crippen molar-refractivity contribution in [1.82, 2.24) is 4.90 Å². The molecule has 2 heterocycles. The molecule has 39 heavy (non-hydrogen) atoms. The van der Waals surface area contributed by atoms with Gasteiger partial charge in [0.25, 0.3) is 5.91 Å². The van der Waals surface area contributed by atoms with Crippen molar-refractivity contribution in [3.8, 4) is 0 Å². The Hall–Kier alpha value is -1.55. The van der Waals surface area contributed by atoms with Crippen LogP contribution in [-0.2, 0) is 28.7 Å². The van der Waals surface area contributed by atoms with Crippen LogP contribution >= 0.6 is 0 Å². The maximum atomic E-state index is 14.3. The van der Waals surface area contributed by atoms with Crippen LogP contribution in [0.4, 0.5) is 0 Å². The van der Waals surface area contributed by atoms with Gasteiger partial charge < -0.3 is 24.0 Å². The number of hydrogen-bond donors (Lipinski definition) is 1. The molecule has 2 fully saturated rings. The Kier molecular flexibility index (Phi) is 9.31. The minimum absolute atomic E-state index is 0.0317. The van der Waals surface area contributed by atoms with E-state index in [1.165, 1.54) is 0 Å². The number of nitrogens with zero attached hydrogens (tertiary/aromatic N) is 2. The van der Waals surface area contributed by atoms with Gasteiger partial charge in [-0.3, -0.25) is 4.79 Å². The van der Waals surface area contributed by atoms with Crippen molar-refractivity contribution in [2.45, 2.75) is 119 Å². The van der Waals surface area contributed by atoms with Gasteiger partial charge in [0, 0.05) is 48.0 Å². The van der Waals surface area contributed by atoms with E-state index in [1.54, 1.807) is 6.08 Å². The molecule has 0 radical (unpaired) electrons. The number of carbonyl (C=O) groups is 1. The average molecular weight is 563 g/mol. The Morgan fingerprint density at radius 2 is 1.87 bits per heavy atom. The van der Waals surface area contributed by atoms with Gasteiger partial charge in [-0.05, 0) is 89.0 Å². The third kappa shape index (κ3) is 5.92. The summed E-state index contributed by atoms with van der Waals surface area (Å²) < 4.78 is 39.5. The summed E-state index contributed by atoms with van der Waals surface area (Å²) in [5.74, 6) is 0.585. The Labute approximate surface area is 234 Å². The Morgan fingerprint density at radius 3 is 2.59 bits per heavy atom. The fraction of sp³-hybridized carbons (Fsp3) is 0.800. The minimum atomic E-state index is -3.34. The number of amides is 1. The molecule has 0 aromatic rings. The summed E-state index contributed by atoms with van der Waals surface area (Å²) in [6, 6.07) is 0. The molecule has 1 N–H and O–H groups in total. The molecule has 3 aliphatic carbocycles. The number of ether oxygens (including phenoxy) is 2. The van der Waals surface area contributed by atoms with Gasteiger partial charge in [0.1, 0.15) is 11.0 Å². The molecule has 5 aliphatic rings. The van der Waals surface area contributed by atoms with E-state index in [2.05, 4.69) is 6.58 Å². The van der Waals surface area contributed by atoms with Crippen LogP contribution < -0.4 is 0 Å². The van der Waals surface area contributed by atoms with Crippen LogP contribution in [0.1, 0.15) is 96.3 Å². The molecule has 8 nitrogen and oxygen atoms in total. The van der Waals surface area contributed by atoms with Crippen LogP contribution in [0.25, 0.3) is 0 Å². The second kappa shape index (κ2) is 12.5. The van der Waals surface area contributed by atoms with E-state index in [9.17, 15) is 13.6 Å². The number of carbonyl (C=O) groups excluding carboxylic acids is 1. The molecule has 2 aliphatic heterocycles. The lowest BCUT2D eigenvalue weighted by Gasteiger charge is -2.44. The summed E-state index contributed by atoms with van der Waals surface area (Å²) in [5.41, 5.74) is 0.960. The fourth-order valence-electron chi connectivity index (χ4n) is 7.36. The second-order valence-electron chi connectivity index (χ2n) is 12.1. The van der Waals surface area contributed by atoms with E-state index >= 15 is 0 Å². The molecule has 9 heteroatoms. The average Bonchev–Trinajstić information content (AvgIpc) is 3.37. The number of sulfone groups is 1. The monoisotopic (exact) mass is 562 g/mol. The van der Waals surface area contributed by atoms with E-state index in [0.29, 0.717) is 25.5 Å². The topological polar surface area (TPSA) is 111 Å². The summed E-state index contributed by atoms with van der Waals surface area (Å²) in [6.45, 7) is 5.00. The molecule has 0 aromatic heterocycles. The molecule has 0 spiro atoms. The lowest BCUT2D eigenvalue weighted by Crippen LogP contribution is -2.59. The maximum absolute atomic E-state index is 14.3. The number of hydrogen-bond acceptors (Lipinski definition) is 7. The van der Waals surface area contributed by atoms with Gasteiger partial charge in [0.15, 0.2) is 17.5 Å². The normalized spacial score (nSPS) is 33.2. The zero-order chi connectivity index (χ0) is 27.5. The van der Waals surface area contributed by atoms with Gasteiger partial charge in [-0.25, -0.2) is 4.99 Å². The quantitative estimate of drug-likeness (QED) is 0.222. The van der Waals surface area contributed by atoms with E-state index in [1.807, 2.05) is 4.90 Å². The Balaban J connectivity index is 1.41. The molecule has 1 unspecified atom stereocenters. The highest BCUT2D eigenvalue weighted by molar-refractivity contribution is 7.98. The predicted molar refractivity (Wildman–Crippen MR) is 151 cm³/mol. The van der Waals surface area contributed by atoms with E-state index in [-0.39, 0.29) is 42.0 Å². The van der Waals surface area contributed by atoms with Crippen LogP contribution in [-0.4, -0.2) is 74.9 Å². The van der Waals surface area contributed by atoms with Crippen LogP contribution in [0.5, 0.6) is 0 Å². The van der Waals surface area contributed by atoms with Crippen molar-refractivity contribution < 1.29 is 28.1 Å². The zero-order valence-electron chi connectivity index (χ0n) is 23.3. The molecule has 3 atom stereocenters. The zero-order valence-corrected chi connectivity index (χ0v) is 24.1. The second-order valence-corrected chi connectivity index (χ2v) is 14.5. The summed E-state index contributed by atoms with van der Waals surface area (Å²) in [5, 5.41) is 8.74. The maximum Gasteiger partial charge on any atom is 0.259 e. The van der Waals surface area contributed by atoms with Crippen LogP contribution in [0, 0.1) is 5.92 Å². The smallest absolute Gasteiger partial charge is 0.259 e. The van der Waals surface area contributed by atoms with Gasteiger partial charge in [-0.2, -0.15) is 0 Å².